The number of fused-ring (bicyclic) bond motifs is 2. The van der Waals surface area contributed by atoms with Gasteiger partial charge < -0.3 is 38.9 Å². The lowest BCUT2D eigenvalue weighted by atomic mass is 9.55. The third-order valence-electron chi connectivity index (χ3n) is 10.8. The zero-order valence-corrected chi connectivity index (χ0v) is 35.5. The van der Waals surface area contributed by atoms with Crippen molar-refractivity contribution in [2.45, 2.75) is 115 Å². The van der Waals surface area contributed by atoms with E-state index in [1.165, 1.54) is 0 Å². The van der Waals surface area contributed by atoms with Gasteiger partial charge in [-0.05, 0) is 118 Å². The Kier molecular flexibility index (Phi) is 14.7. The van der Waals surface area contributed by atoms with E-state index >= 15 is 0 Å². The molecule has 1 heterocycles. The molecule has 3 aliphatic rings. The molecule has 1 saturated carbocycles. The molecule has 10 nitrogen and oxygen atoms in total. The molecule has 308 valence electrons. The summed E-state index contributed by atoms with van der Waals surface area (Å²) < 4.78 is 26.6. The molecule has 6 atom stereocenters. The monoisotopic (exact) mass is 792 g/mol. The molecule has 11 heteroatoms. The van der Waals surface area contributed by atoms with Gasteiger partial charge in [0.15, 0.2) is 0 Å². The molecule has 56 heavy (non-hydrogen) atoms. The number of ether oxygens (including phenoxy) is 4. The fourth-order valence-corrected chi connectivity index (χ4v) is 8.68. The number of rotatable bonds is 17. The number of hydrogen-bond acceptors (Lipinski definition) is 10. The predicted molar refractivity (Wildman–Crippen MR) is 223 cm³/mol. The number of thioether (sulfide) groups is 1. The van der Waals surface area contributed by atoms with Gasteiger partial charge in [0.05, 0.1) is 24.8 Å². The average Bonchev–Trinajstić information content (AvgIpc) is 3.16. The minimum atomic E-state index is -1.35. The molecule has 0 unspecified atom stereocenters. The van der Waals surface area contributed by atoms with Crippen LogP contribution in [0, 0.1) is 23.2 Å². The first-order chi connectivity index (χ1) is 26.6. The first-order valence-corrected chi connectivity index (χ1v) is 21.3. The Labute approximate surface area is 338 Å². The molecule has 2 aromatic carbocycles. The van der Waals surface area contributed by atoms with Crippen molar-refractivity contribution >= 4 is 23.6 Å². The number of oxime groups is 1. The van der Waals surface area contributed by atoms with Gasteiger partial charge in [-0.1, -0.05) is 50.9 Å². The van der Waals surface area contributed by atoms with Crippen LogP contribution in [0.3, 0.4) is 0 Å². The van der Waals surface area contributed by atoms with Crippen molar-refractivity contribution in [3.05, 3.63) is 72.3 Å². The lowest BCUT2D eigenvalue weighted by molar-refractivity contribution is -0.254. The number of amides is 1. The molecule has 2 aromatic rings. The van der Waals surface area contributed by atoms with Gasteiger partial charge in [0.1, 0.15) is 28.9 Å². The van der Waals surface area contributed by atoms with Gasteiger partial charge in [0, 0.05) is 43.1 Å². The second-order valence-electron chi connectivity index (χ2n) is 17.5. The predicted octanol–water partition coefficient (Wildman–Crippen LogP) is 9.75. The Balaban J connectivity index is 1.74. The summed E-state index contributed by atoms with van der Waals surface area (Å²) in [5, 5.41) is 24.6. The first-order valence-electron chi connectivity index (χ1n) is 20.1. The van der Waals surface area contributed by atoms with Crippen molar-refractivity contribution in [2.24, 2.45) is 28.3 Å². The summed E-state index contributed by atoms with van der Waals surface area (Å²) in [4.78, 5) is 23.0. The minimum Gasteiger partial charge on any atom is -0.459 e. The number of likely N-dealkylation sites (N-methyl/N-ethyl adjacent to an activating group) is 1. The van der Waals surface area contributed by atoms with E-state index in [-0.39, 0.29) is 49.6 Å². The number of unbranched alkanes of at least 4 members (excludes halogenated alkanes) is 2. The molecular weight excluding hydrogens is 729 g/mol. The largest absolute Gasteiger partial charge is 0.459 e. The Morgan fingerprint density at radius 3 is 2.32 bits per heavy atom. The highest BCUT2D eigenvalue weighted by Crippen LogP contribution is 2.62. The van der Waals surface area contributed by atoms with Gasteiger partial charge >= 0.3 is 6.09 Å². The SMILES string of the molecule is C=CCO[C@@]12Oc3ccc(Oc4ccc(SC)cc4)cc3[C@H]3[C@H](CCCCO)[C@@H](CCCCO)C=C(C(=NOC(C)(C)C)C[C@@H]1N(C)C(=O)OCC(C)(C)C)[C@H]32. The molecule has 0 radical (unpaired) electrons. The third-order valence-corrected chi connectivity index (χ3v) is 11.5. The van der Waals surface area contributed by atoms with Crippen LogP contribution in [0.1, 0.15) is 98.0 Å². The number of carbonyl (C=O) groups excluding carboxylic acids is 1. The van der Waals surface area contributed by atoms with Gasteiger partial charge in [-0.15, -0.1) is 18.3 Å². The van der Waals surface area contributed by atoms with Crippen LogP contribution < -0.4 is 9.47 Å². The van der Waals surface area contributed by atoms with Gasteiger partial charge in [-0.2, -0.15) is 0 Å². The number of aliphatic hydroxyl groups excluding tert-OH is 2. The number of hydrogen-bond donors (Lipinski definition) is 2. The normalized spacial score (nSPS) is 25.0. The summed E-state index contributed by atoms with van der Waals surface area (Å²) in [5.41, 5.74) is 1.91. The van der Waals surface area contributed by atoms with E-state index in [2.05, 4.69) is 18.7 Å². The highest BCUT2D eigenvalue weighted by molar-refractivity contribution is 7.98. The topological polar surface area (TPSA) is 119 Å². The van der Waals surface area contributed by atoms with Crippen LogP contribution in [-0.2, 0) is 14.3 Å². The smallest absolute Gasteiger partial charge is 0.410 e. The van der Waals surface area contributed by atoms with Crippen LogP contribution >= 0.6 is 11.8 Å². The van der Waals surface area contributed by atoms with E-state index in [1.807, 2.05) is 84.2 Å². The highest BCUT2D eigenvalue weighted by Gasteiger charge is 2.65. The molecule has 0 bridgehead atoms. The summed E-state index contributed by atoms with van der Waals surface area (Å²) in [5.74, 6) is 0.367. The zero-order chi connectivity index (χ0) is 40.7. The Bertz CT molecular complexity index is 1700. The van der Waals surface area contributed by atoms with Crippen LogP contribution in [0.5, 0.6) is 17.2 Å². The van der Waals surface area contributed by atoms with Crippen LogP contribution in [0.15, 0.2) is 76.8 Å². The first kappa shape index (κ1) is 43.6. The van der Waals surface area contributed by atoms with Crippen molar-refractivity contribution < 1.29 is 38.8 Å². The summed E-state index contributed by atoms with van der Waals surface area (Å²) in [7, 11) is 1.75. The van der Waals surface area contributed by atoms with Gasteiger partial charge in [0.2, 0.25) is 5.79 Å². The molecule has 2 aliphatic carbocycles. The maximum atomic E-state index is 14.0. The molecule has 5 rings (SSSR count). The number of aliphatic hydroxyl groups is 2. The Hall–Kier alpha value is -3.51. The summed E-state index contributed by atoms with van der Waals surface area (Å²) in [6.07, 6.45) is 10.7. The summed E-state index contributed by atoms with van der Waals surface area (Å²) >= 11 is 1.68. The maximum absolute atomic E-state index is 14.0. The average molecular weight is 793 g/mol. The lowest BCUT2D eigenvalue weighted by Gasteiger charge is -2.59. The molecular formula is C45H64N2O8S. The van der Waals surface area contributed by atoms with Crippen molar-refractivity contribution in [3.63, 3.8) is 0 Å². The number of benzene rings is 2. The number of allylic oxidation sites excluding steroid dienone is 1. The van der Waals surface area contributed by atoms with Gasteiger partial charge in [-0.25, -0.2) is 4.79 Å². The van der Waals surface area contributed by atoms with Crippen LogP contribution in [-0.4, -0.2) is 84.1 Å². The quantitative estimate of drug-likeness (QED) is 0.0699. The lowest BCUT2D eigenvalue weighted by Crippen LogP contribution is -2.69. The van der Waals surface area contributed by atoms with Crippen molar-refractivity contribution in [1.29, 1.82) is 0 Å². The molecule has 2 N–H and O–H groups in total. The van der Waals surface area contributed by atoms with Crippen LogP contribution in [0.2, 0.25) is 0 Å². The van der Waals surface area contributed by atoms with Crippen molar-refractivity contribution in [2.75, 3.05) is 39.7 Å². The zero-order valence-electron chi connectivity index (χ0n) is 34.7. The van der Waals surface area contributed by atoms with E-state index in [0.29, 0.717) is 30.8 Å². The Morgan fingerprint density at radius 2 is 1.70 bits per heavy atom. The summed E-state index contributed by atoms with van der Waals surface area (Å²) in [6.45, 7) is 16.6. The molecule has 0 saturated heterocycles. The molecule has 0 aromatic heterocycles. The molecule has 1 amide bonds. The van der Waals surface area contributed by atoms with E-state index in [9.17, 15) is 15.0 Å². The molecule has 1 fully saturated rings. The molecule has 0 spiro atoms. The summed E-state index contributed by atoms with van der Waals surface area (Å²) in [6, 6.07) is 13.4. The maximum Gasteiger partial charge on any atom is 0.410 e. The second kappa shape index (κ2) is 18.8. The van der Waals surface area contributed by atoms with Crippen LogP contribution in [0.4, 0.5) is 4.79 Å². The number of nitrogens with zero attached hydrogens (tertiary/aromatic N) is 2. The third kappa shape index (κ3) is 10.3. The molecule has 1 aliphatic heterocycles. The van der Waals surface area contributed by atoms with Crippen molar-refractivity contribution in [3.8, 4) is 17.2 Å². The van der Waals surface area contributed by atoms with Crippen LogP contribution in [0.25, 0.3) is 0 Å². The van der Waals surface area contributed by atoms with Gasteiger partial charge in [-0.3, -0.25) is 0 Å². The van der Waals surface area contributed by atoms with E-state index in [1.54, 1.807) is 29.8 Å². The van der Waals surface area contributed by atoms with Crippen molar-refractivity contribution in [1.82, 2.24) is 4.90 Å². The van der Waals surface area contributed by atoms with E-state index < -0.39 is 29.4 Å². The fraction of sp³-hybridized carbons (Fsp3) is 0.600. The fourth-order valence-electron chi connectivity index (χ4n) is 8.27. The van der Waals surface area contributed by atoms with E-state index in [0.717, 1.165) is 53.2 Å². The minimum absolute atomic E-state index is 0.0983. The van der Waals surface area contributed by atoms with Gasteiger partial charge in [0.25, 0.3) is 0 Å². The Morgan fingerprint density at radius 1 is 1.02 bits per heavy atom. The van der Waals surface area contributed by atoms with E-state index in [4.69, 9.17) is 28.9 Å². The number of carbonyl (C=O) groups is 1. The highest BCUT2D eigenvalue weighted by atomic mass is 32.2. The second-order valence-corrected chi connectivity index (χ2v) is 18.4. The standard InChI is InChI=1S/C45H64N2O8S/c1-10-25-52-45-39(47(8)42(50)51-29-43(2,3)4)28-37(46-55-44(5,6)7)35-26-30(15-11-13-23-48)34(16-12-14-24-49)40(41(35)45)36-27-32(19-22-38(36)54-45)53-31-17-20-33(56-9)21-18-31/h10,17-22,26-27,30,34,39-41,48-49H,1,11-16,23-25,28-29H2,2-9H3/t30-,34+,39-,40+,41+,45+/m0/s1.